The fraction of sp³-hybridized carbons (Fsp3) is 0.167. The van der Waals surface area contributed by atoms with Gasteiger partial charge in [-0.05, 0) is 70.5 Å². The third-order valence-electron chi connectivity index (χ3n) is 8.58. The molecule has 0 N–H and O–H groups in total. The largest absolute Gasteiger partial charge is 0.458 e. The van der Waals surface area contributed by atoms with Crippen LogP contribution in [-0.2, 0) is 0 Å². The molecule has 40 heavy (non-hydrogen) atoms. The van der Waals surface area contributed by atoms with Crippen LogP contribution in [0.1, 0.15) is 50.7 Å². The summed E-state index contributed by atoms with van der Waals surface area (Å²) in [5.41, 5.74) is 10.3. The fourth-order valence-corrected chi connectivity index (χ4v) is 6.45. The van der Waals surface area contributed by atoms with Crippen molar-refractivity contribution in [2.24, 2.45) is 0 Å². The summed E-state index contributed by atoms with van der Waals surface area (Å²) in [5, 5.41) is 0. The molecule has 0 spiro atoms. The summed E-state index contributed by atoms with van der Waals surface area (Å²) in [4.78, 5) is 0. The van der Waals surface area contributed by atoms with E-state index >= 15 is 0 Å². The predicted molar refractivity (Wildman–Crippen MR) is 163 cm³/mol. The van der Waals surface area contributed by atoms with Crippen LogP contribution in [0.2, 0.25) is 0 Å². The third-order valence-corrected chi connectivity index (χ3v) is 8.58. The van der Waals surface area contributed by atoms with Crippen LogP contribution < -0.4 is 30.6 Å². The normalized spacial score (nSPS) is 13.5. The van der Waals surface area contributed by atoms with E-state index in [1.54, 1.807) is 0 Å². The minimum Gasteiger partial charge on any atom is -0.458 e. The topological polar surface area (TPSA) is 27.7 Å². The maximum Gasteiger partial charge on any atom is 0.270 e. The van der Waals surface area contributed by atoms with Crippen LogP contribution in [0.3, 0.4) is 0 Å². The molecule has 0 bridgehead atoms. The Morgan fingerprint density at radius 2 is 0.925 bits per heavy atom. The summed E-state index contributed by atoms with van der Waals surface area (Å²) in [6.45, 7) is 8.90. The molecule has 0 saturated carbocycles. The predicted octanol–water partition coefficient (Wildman–Crippen LogP) is 8.10. The lowest BCUT2D eigenvalue weighted by molar-refractivity contribution is 0.444. The van der Waals surface area contributed by atoms with Gasteiger partial charge in [-0.1, -0.05) is 82.3 Å². The van der Waals surface area contributed by atoms with Gasteiger partial charge in [0.25, 0.3) is 6.71 Å². The number of hydrogen-bond acceptors (Lipinski definition) is 3. The Hall–Kier alpha value is -4.44. The zero-order valence-corrected chi connectivity index (χ0v) is 23.1. The second-order valence-electron chi connectivity index (χ2n) is 11.7. The zero-order valence-electron chi connectivity index (χ0n) is 23.1. The van der Waals surface area contributed by atoms with Crippen LogP contribution >= 0.6 is 0 Å². The Morgan fingerprint density at radius 1 is 0.475 bits per heavy atom. The van der Waals surface area contributed by atoms with Crippen LogP contribution in [0.25, 0.3) is 22.3 Å². The molecule has 5 aromatic rings. The van der Waals surface area contributed by atoms with Gasteiger partial charge in [0.2, 0.25) is 0 Å². The summed E-state index contributed by atoms with van der Waals surface area (Å²) < 4.78 is 20.1. The van der Waals surface area contributed by atoms with E-state index in [9.17, 15) is 0 Å². The molecule has 194 valence electrons. The second-order valence-corrected chi connectivity index (χ2v) is 11.7. The van der Waals surface area contributed by atoms with Crippen molar-refractivity contribution < 1.29 is 14.2 Å². The van der Waals surface area contributed by atoms with Gasteiger partial charge < -0.3 is 14.2 Å². The van der Waals surface area contributed by atoms with Crippen LogP contribution in [0.4, 0.5) is 0 Å². The van der Waals surface area contributed by atoms with Gasteiger partial charge in [0.15, 0.2) is 0 Å². The molecule has 3 aliphatic heterocycles. The fourth-order valence-electron chi connectivity index (χ4n) is 6.45. The lowest BCUT2D eigenvalue weighted by Gasteiger charge is -2.38. The van der Waals surface area contributed by atoms with Gasteiger partial charge in [-0.3, -0.25) is 0 Å². The monoisotopic (exact) mass is 520 g/mol. The summed E-state index contributed by atoms with van der Waals surface area (Å²) in [6, 6.07) is 32.2. The standard InChI is InChI=1S/C36H29BO3/c1-20(2)22-8-5-10-24(18-22)26-14-16-30-33-35(26)40-36-27(25-11-6-9-23(19-25)21(3)4)15-17-31-34(36)37(33)32-28(38-30)12-7-13-29(32)39-31/h5-21H,1-4H3. The molecular formula is C36H29BO3. The smallest absolute Gasteiger partial charge is 0.270 e. The average molecular weight is 520 g/mol. The lowest BCUT2D eigenvalue weighted by Crippen LogP contribution is -2.59. The molecule has 4 heteroatoms. The average Bonchev–Trinajstić information content (AvgIpc) is 2.97. The van der Waals surface area contributed by atoms with Crippen molar-refractivity contribution in [1.29, 1.82) is 0 Å². The van der Waals surface area contributed by atoms with E-state index in [0.717, 1.165) is 73.1 Å². The molecule has 0 unspecified atom stereocenters. The van der Waals surface area contributed by atoms with Gasteiger partial charge in [0.1, 0.15) is 34.5 Å². The van der Waals surface area contributed by atoms with E-state index in [0.29, 0.717) is 11.8 Å². The maximum atomic E-state index is 7.06. The SMILES string of the molecule is CC(C)c1cccc(-c2ccc3c4c2Oc2c(-c5cccc(C(C)C)c5)ccc5c2B4c2c(cccc2O5)O3)c1. The van der Waals surface area contributed by atoms with Gasteiger partial charge in [0, 0.05) is 27.5 Å². The minimum atomic E-state index is -0.0288. The Bertz CT molecular complexity index is 1720. The molecule has 0 radical (unpaired) electrons. The molecular weight excluding hydrogens is 491 g/mol. The van der Waals surface area contributed by atoms with E-state index in [1.807, 2.05) is 18.2 Å². The maximum absolute atomic E-state index is 7.06. The molecule has 3 heterocycles. The first kappa shape index (κ1) is 23.5. The van der Waals surface area contributed by atoms with Crippen molar-refractivity contribution in [2.45, 2.75) is 39.5 Å². The van der Waals surface area contributed by atoms with E-state index in [4.69, 9.17) is 14.2 Å². The number of benzene rings is 5. The van der Waals surface area contributed by atoms with E-state index in [1.165, 1.54) is 11.1 Å². The highest BCUT2D eigenvalue weighted by Gasteiger charge is 2.47. The Morgan fingerprint density at radius 3 is 1.40 bits per heavy atom. The highest BCUT2D eigenvalue weighted by atomic mass is 16.5. The molecule has 0 aromatic heterocycles. The second kappa shape index (κ2) is 8.53. The van der Waals surface area contributed by atoms with Gasteiger partial charge in [-0.15, -0.1) is 0 Å². The first-order valence-electron chi connectivity index (χ1n) is 14.2. The number of rotatable bonds is 4. The molecule has 8 rings (SSSR count). The minimum absolute atomic E-state index is 0.0288. The summed E-state index contributed by atoms with van der Waals surface area (Å²) in [5.74, 6) is 6.01. The quantitative estimate of drug-likeness (QED) is 0.220. The molecule has 3 aliphatic rings. The molecule has 5 aromatic carbocycles. The van der Waals surface area contributed by atoms with E-state index in [2.05, 4.69) is 100 Å². The summed E-state index contributed by atoms with van der Waals surface area (Å²) in [6.07, 6.45) is 0. The molecule has 0 aliphatic carbocycles. The Kier molecular flexibility index (Phi) is 5.00. The molecule has 0 atom stereocenters. The number of hydrogen-bond donors (Lipinski definition) is 0. The highest BCUT2D eigenvalue weighted by molar-refractivity contribution is 6.99. The van der Waals surface area contributed by atoms with E-state index in [-0.39, 0.29) is 6.71 Å². The molecule has 0 fully saturated rings. The summed E-state index contributed by atoms with van der Waals surface area (Å²) in [7, 11) is 0. The van der Waals surface area contributed by atoms with Crippen molar-refractivity contribution in [1.82, 2.24) is 0 Å². The van der Waals surface area contributed by atoms with E-state index < -0.39 is 0 Å². The first-order valence-corrected chi connectivity index (χ1v) is 14.2. The van der Waals surface area contributed by atoms with Crippen LogP contribution in [0.15, 0.2) is 91.0 Å². The lowest BCUT2D eigenvalue weighted by atomic mass is 9.33. The number of ether oxygens (including phenoxy) is 3. The third kappa shape index (κ3) is 3.32. The van der Waals surface area contributed by atoms with Crippen LogP contribution in [0, 0.1) is 0 Å². The van der Waals surface area contributed by atoms with Gasteiger partial charge >= 0.3 is 0 Å². The van der Waals surface area contributed by atoms with Gasteiger partial charge in [-0.25, -0.2) is 0 Å². The molecule has 3 nitrogen and oxygen atoms in total. The van der Waals surface area contributed by atoms with Crippen LogP contribution in [-0.4, -0.2) is 6.71 Å². The van der Waals surface area contributed by atoms with Crippen molar-refractivity contribution in [3.63, 3.8) is 0 Å². The highest BCUT2D eigenvalue weighted by Crippen LogP contribution is 2.48. The van der Waals surface area contributed by atoms with Gasteiger partial charge in [-0.2, -0.15) is 0 Å². The molecule has 0 saturated heterocycles. The first-order chi connectivity index (χ1) is 19.5. The Balaban J connectivity index is 1.42. The van der Waals surface area contributed by atoms with Crippen molar-refractivity contribution >= 4 is 23.1 Å². The van der Waals surface area contributed by atoms with Crippen LogP contribution in [0.5, 0.6) is 34.5 Å². The Labute approximate surface area is 235 Å². The summed E-state index contributed by atoms with van der Waals surface area (Å²) >= 11 is 0. The van der Waals surface area contributed by atoms with Gasteiger partial charge in [0.05, 0.1) is 0 Å². The van der Waals surface area contributed by atoms with Crippen molar-refractivity contribution in [3.8, 4) is 56.8 Å². The molecule has 0 amide bonds. The zero-order chi connectivity index (χ0) is 27.1. The van der Waals surface area contributed by atoms with Crippen molar-refractivity contribution in [2.75, 3.05) is 0 Å². The van der Waals surface area contributed by atoms with Crippen molar-refractivity contribution in [3.05, 3.63) is 102 Å².